The Morgan fingerprint density at radius 3 is 2.84 bits per heavy atom. The number of esters is 1. The molecule has 0 bridgehead atoms. The molecule has 0 aliphatic carbocycles. The van der Waals surface area contributed by atoms with Gasteiger partial charge in [-0.05, 0) is 32.3 Å². The van der Waals surface area contributed by atoms with Crippen LogP contribution >= 0.6 is 0 Å². The number of ether oxygens (including phenoxy) is 1. The van der Waals surface area contributed by atoms with Crippen LogP contribution < -0.4 is 4.90 Å². The number of aromatic nitrogens is 2. The van der Waals surface area contributed by atoms with Crippen LogP contribution in [0.4, 0.5) is 5.82 Å². The zero-order valence-electron chi connectivity index (χ0n) is 11.3. The Morgan fingerprint density at radius 1 is 1.47 bits per heavy atom. The third-order valence-corrected chi connectivity index (χ3v) is 3.55. The fourth-order valence-corrected chi connectivity index (χ4v) is 2.33. The van der Waals surface area contributed by atoms with Crippen LogP contribution in [0.25, 0.3) is 0 Å². The highest BCUT2D eigenvalue weighted by atomic mass is 16.5. The number of carbonyl (C=O) groups excluding carboxylic acids is 1. The molecule has 0 N–H and O–H groups in total. The Kier molecular flexibility index (Phi) is 3.65. The molecule has 1 fully saturated rings. The molecule has 1 saturated heterocycles. The first kappa shape index (κ1) is 13.3. The second-order valence-corrected chi connectivity index (χ2v) is 4.60. The van der Waals surface area contributed by atoms with Crippen molar-refractivity contribution in [2.24, 2.45) is 0 Å². The zero-order valence-corrected chi connectivity index (χ0v) is 11.3. The van der Waals surface area contributed by atoms with Gasteiger partial charge in [-0.2, -0.15) is 10.4 Å². The van der Waals surface area contributed by atoms with E-state index in [0.29, 0.717) is 24.3 Å². The summed E-state index contributed by atoms with van der Waals surface area (Å²) in [6, 6.07) is 1.80. The Labute approximate surface area is 112 Å². The second kappa shape index (κ2) is 5.22. The first-order valence-corrected chi connectivity index (χ1v) is 6.18. The molecule has 0 saturated carbocycles. The first-order chi connectivity index (χ1) is 9.10. The van der Waals surface area contributed by atoms with E-state index in [1.54, 1.807) is 0 Å². The van der Waals surface area contributed by atoms with Crippen LogP contribution in [0.3, 0.4) is 0 Å². The minimum atomic E-state index is -0.367. The number of rotatable bonds is 2. The summed E-state index contributed by atoms with van der Waals surface area (Å²) >= 11 is 0. The van der Waals surface area contributed by atoms with Gasteiger partial charge in [-0.1, -0.05) is 0 Å². The number of nitrogens with zero attached hydrogens (tertiary/aromatic N) is 4. The number of anilines is 1. The molecule has 1 aliphatic rings. The molecule has 1 aliphatic heterocycles. The van der Waals surface area contributed by atoms with Crippen molar-refractivity contribution in [2.75, 3.05) is 18.6 Å². The maximum atomic E-state index is 11.8. The van der Waals surface area contributed by atoms with E-state index in [2.05, 4.69) is 16.3 Å². The van der Waals surface area contributed by atoms with Crippen molar-refractivity contribution in [1.29, 1.82) is 5.26 Å². The predicted molar refractivity (Wildman–Crippen MR) is 68.6 cm³/mol. The number of methoxy groups -OCH3 is 1. The number of aryl methyl sites for hydroxylation is 1. The van der Waals surface area contributed by atoms with Gasteiger partial charge in [-0.25, -0.2) is 4.79 Å². The van der Waals surface area contributed by atoms with Gasteiger partial charge in [-0.3, -0.25) is 0 Å². The Bertz CT molecular complexity index is 550. The van der Waals surface area contributed by atoms with E-state index in [9.17, 15) is 10.1 Å². The number of hydrogen-bond donors (Lipinski definition) is 0. The summed E-state index contributed by atoms with van der Waals surface area (Å²) in [5.74, 6) is 0.194. The molecule has 2 heterocycles. The van der Waals surface area contributed by atoms with Crippen molar-refractivity contribution < 1.29 is 9.53 Å². The standard InChI is InChI=1S/C13H16N4O2/c1-8-9(2)15-16-12(10(8)7-14)17-6-4-5-11(17)13(18)19-3/h11H,4-6H2,1-3H3. The van der Waals surface area contributed by atoms with E-state index < -0.39 is 0 Å². The summed E-state index contributed by atoms with van der Waals surface area (Å²) in [5, 5.41) is 17.5. The van der Waals surface area contributed by atoms with E-state index in [1.807, 2.05) is 18.7 Å². The molecule has 2 rings (SSSR count). The van der Waals surface area contributed by atoms with Crippen LogP contribution in [0.15, 0.2) is 0 Å². The lowest BCUT2D eigenvalue weighted by Crippen LogP contribution is -2.38. The molecular weight excluding hydrogens is 244 g/mol. The van der Waals surface area contributed by atoms with Crippen molar-refractivity contribution in [2.45, 2.75) is 32.7 Å². The summed E-state index contributed by atoms with van der Waals surface area (Å²) in [5.41, 5.74) is 2.03. The second-order valence-electron chi connectivity index (χ2n) is 4.60. The zero-order chi connectivity index (χ0) is 14.0. The predicted octanol–water partition coefficient (Wildman–Crippen LogP) is 1.11. The number of nitriles is 1. The summed E-state index contributed by atoms with van der Waals surface area (Å²) in [4.78, 5) is 13.6. The van der Waals surface area contributed by atoms with E-state index in [-0.39, 0.29) is 12.0 Å². The molecular formula is C13H16N4O2. The molecule has 19 heavy (non-hydrogen) atoms. The lowest BCUT2D eigenvalue weighted by atomic mass is 10.1. The average Bonchev–Trinajstić information content (AvgIpc) is 2.89. The van der Waals surface area contributed by atoms with Gasteiger partial charge in [0, 0.05) is 6.54 Å². The molecule has 1 unspecified atom stereocenters. The number of carbonyl (C=O) groups is 1. The molecule has 6 nitrogen and oxygen atoms in total. The maximum absolute atomic E-state index is 11.8. The normalized spacial score (nSPS) is 18.2. The average molecular weight is 260 g/mol. The van der Waals surface area contributed by atoms with E-state index in [1.165, 1.54) is 7.11 Å². The van der Waals surface area contributed by atoms with Crippen molar-refractivity contribution in [3.05, 3.63) is 16.8 Å². The van der Waals surface area contributed by atoms with Gasteiger partial charge in [-0.15, -0.1) is 5.10 Å². The van der Waals surface area contributed by atoms with E-state index >= 15 is 0 Å². The van der Waals surface area contributed by atoms with Gasteiger partial charge in [0.25, 0.3) is 0 Å². The Balaban J connectivity index is 2.45. The largest absolute Gasteiger partial charge is 0.467 e. The molecule has 1 aromatic heterocycles. The summed E-state index contributed by atoms with van der Waals surface area (Å²) in [6.07, 6.45) is 1.59. The summed E-state index contributed by atoms with van der Waals surface area (Å²) in [6.45, 7) is 4.34. The molecule has 1 aromatic rings. The van der Waals surface area contributed by atoms with Crippen molar-refractivity contribution in [3.8, 4) is 6.07 Å². The number of hydrogen-bond acceptors (Lipinski definition) is 6. The monoisotopic (exact) mass is 260 g/mol. The smallest absolute Gasteiger partial charge is 0.328 e. The van der Waals surface area contributed by atoms with Gasteiger partial charge in [0.1, 0.15) is 17.7 Å². The van der Waals surface area contributed by atoms with Crippen LogP contribution in [0.5, 0.6) is 0 Å². The summed E-state index contributed by atoms with van der Waals surface area (Å²) < 4.78 is 4.80. The van der Waals surface area contributed by atoms with E-state index in [4.69, 9.17) is 4.74 Å². The van der Waals surface area contributed by atoms with Crippen molar-refractivity contribution in [3.63, 3.8) is 0 Å². The topological polar surface area (TPSA) is 79.1 Å². The van der Waals surface area contributed by atoms with Gasteiger partial charge in [0.2, 0.25) is 0 Å². The molecule has 0 spiro atoms. The summed E-state index contributed by atoms with van der Waals surface area (Å²) in [7, 11) is 1.37. The molecule has 6 heteroatoms. The van der Waals surface area contributed by atoms with Crippen LogP contribution in [0, 0.1) is 25.2 Å². The Hall–Kier alpha value is -2.16. The van der Waals surface area contributed by atoms with Crippen molar-refractivity contribution >= 4 is 11.8 Å². The van der Waals surface area contributed by atoms with Gasteiger partial charge in [0.05, 0.1) is 12.8 Å². The molecule has 0 aromatic carbocycles. The molecule has 0 radical (unpaired) electrons. The maximum Gasteiger partial charge on any atom is 0.328 e. The van der Waals surface area contributed by atoms with Gasteiger partial charge >= 0.3 is 5.97 Å². The first-order valence-electron chi connectivity index (χ1n) is 6.18. The third-order valence-electron chi connectivity index (χ3n) is 3.55. The van der Waals surface area contributed by atoms with Gasteiger partial charge < -0.3 is 9.64 Å². The lowest BCUT2D eigenvalue weighted by molar-refractivity contribution is -0.141. The third kappa shape index (κ3) is 2.24. The highest BCUT2D eigenvalue weighted by Gasteiger charge is 2.34. The SMILES string of the molecule is COC(=O)C1CCCN1c1nnc(C)c(C)c1C#N. The minimum Gasteiger partial charge on any atom is -0.467 e. The van der Waals surface area contributed by atoms with Crippen LogP contribution in [0.1, 0.15) is 29.7 Å². The minimum absolute atomic E-state index is 0.290. The molecule has 100 valence electrons. The van der Waals surface area contributed by atoms with Crippen LogP contribution in [-0.2, 0) is 9.53 Å². The highest BCUT2D eigenvalue weighted by Crippen LogP contribution is 2.28. The van der Waals surface area contributed by atoms with E-state index in [0.717, 1.165) is 17.7 Å². The quantitative estimate of drug-likeness (QED) is 0.741. The highest BCUT2D eigenvalue weighted by molar-refractivity contribution is 5.81. The van der Waals surface area contributed by atoms with Crippen molar-refractivity contribution in [1.82, 2.24) is 10.2 Å². The van der Waals surface area contributed by atoms with Gasteiger partial charge in [0.15, 0.2) is 5.82 Å². The fraction of sp³-hybridized carbons (Fsp3) is 0.538. The molecule has 0 amide bonds. The molecule has 1 atom stereocenters. The Morgan fingerprint density at radius 2 is 2.21 bits per heavy atom. The fourth-order valence-electron chi connectivity index (χ4n) is 2.33. The lowest BCUT2D eigenvalue weighted by Gasteiger charge is -2.24. The van der Waals surface area contributed by atoms with Crippen LogP contribution in [-0.4, -0.2) is 35.9 Å². The van der Waals surface area contributed by atoms with Crippen LogP contribution in [0.2, 0.25) is 0 Å².